The maximum Gasteiger partial charge on any atom is 0.246 e. The second-order valence-corrected chi connectivity index (χ2v) is 4.74. The van der Waals surface area contributed by atoms with Crippen LogP contribution in [0, 0.1) is 11.3 Å². The van der Waals surface area contributed by atoms with Gasteiger partial charge in [0.05, 0.1) is 18.4 Å². The number of nitriles is 1. The van der Waals surface area contributed by atoms with E-state index >= 15 is 0 Å². The summed E-state index contributed by atoms with van der Waals surface area (Å²) in [6, 6.07) is 15.8. The second kappa shape index (κ2) is 7.14. The van der Waals surface area contributed by atoms with Crippen molar-refractivity contribution in [2.75, 3.05) is 17.7 Å². The normalized spacial score (nSPS) is 11.1. The van der Waals surface area contributed by atoms with Crippen molar-refractivity contribution in [2.45, 2.75) is 13.0 Å². The van der Waals surface area contributed by atoms with Crippen LogP contribution in [0.25, 0.3) is 0 Å². The fourth-order valence-corrected chi connectivity index (χ4v) is 1.93. The number of hydrogen-bond donors (Lipinski definition) is 2. The van der Waals surface area contributed by atoms with E-state index < -0.39 is 6.04 Å². The van der Waals surface area contributed by atoms with Crippen molar-refractivity contribution in [1.29, 1.82) is 5.26 Å². The Labute approximate surface area is 129 Å². The van der Waals surface area contributed by atoms with Crippen molar-refractivity contribution >= 4 is 17.3 Å². The molecule has 2 aromatic carbocycles. The van der Waals surface area contributed by atoms with Crippen molar-refractivity contribution in [3.63, 3.8) is 0 Å². The molecule has 0 radical (unpaired) electrons. The number of nitrogens with one attached hydrogen (secondary N) is 2. The Morgan fingerprint density at radius 3 is 2.50 bits per heavy atom. The number of methoxy groups -OCH3 is 1. The zero-order valence-electron chi connectivity index (χ0n) is 12.5. The van der Waals surface area contributed by atoms with Crippen molar-refractivity contribution in [1.82, 2.24) is 0 Å². The van der Waals surface area contributed by atoms with Crippen molar-refractivity contribution < 1.29 is 9.53 Å². The molecule has 0 saturated carbocycles. The zero-order valence-corrected chi connectivity index (χ0v) is 12.5. The first kappa shape index (κ1) is 15.4. The molecule has 22 heavy (non-hydrogen) atoms. The predicted molar refractivity (Wildman–Crippen MR) is 85.9 cm³/mol. The van der Waals surface area contributed by atoms with Crippen LogP contribution < -0.4 is 15.4 Å². The van der Waals surface area contributed by atoms with Gasteiger partial charge in [0.25, 0.3) is 0 Å². The highest BCUT2D eigenvalue weighted by atomic mass is 16.5. The summed E-state index contributed by atoms with van der Waals surface area (Å²) in [6.07, 6.45) is 0. The summed E-state index contributed by atoms with van der Waals surface area (Å²) in [5, 5.41) is 14.9. The summed E-state index contributed by atoms with van der Waals surface area (Å²) in [4.78, 5) is 12.2. The molecule has 2 N–H and O–H groups in total. The molecule has 0 aliphatic rings. The highest BCUT2D eigenvalue weighted by Crippen LogP contribution is 2.17. The highest BCUT2D eigenvalue weighted by Gasteiger charge is 2.14. The Morgan fingerprint density at radius 1 is 1.18 bits per heavy atom. The van der Waals surface area contributed by atoms with Gasteiger partial charge in [0.15, 0.2) is 0 Å². The van der Waals surface area contributed by atoms with Crippen molar-refractivity contribution in [2.24, 2.45) is 0 Å². The minimum Gasteiger partial charge on any atom is -0.497 e. The molecule has 0 unspecified atom stereocenters. The number of hydrogen-bond acceptors (Lipinski definition) is 4. The SMILES string of the molecule is COc1ccc(N[C@H](C)C(=O)Nc2ccccc2C#N)cc1. The van der Waals surface area contributed by atoms with E-state index in [1.807, 2.05) is 24.3 Å². The Bertz CT molecular complexity index is 690. The van der Waals surface area contributed by atoms with E-state index in [9.17, 15) is 4.79 Å². The molecular weight excluding hydrogens is 278 g/mol. The van der Waals surface area contributed by atoms with E-state index in [1.54, 1.807) is 38.3 Å². The molecule has 0 aliphatic heterocycles. The van der Waals surface area contributed by atoms with Crippen molar-refractivity contribution in [3.8, 4) is 11.8 Å². The van der Waals surface area contributed by atoms with Crippen LogP contribution in [0.3, 0.4) is 0 Å². The molecule has 2 rings (SSSR count). The molecule has 0 heterocycles. The summed E-state index contributed by atoms with van der Waals surface area (Å²) < 4.78 is 5.09. The summed E-state index contributed by atoms with van der Waals surface area (Å²) in [7, 11) is 1.60. The van der Waals surface area contributed by atoms with Gasteiger partial charge in [-0.3, -0.25) is 4.79 Å². The van der Waals surface area contributed by atoms with Gasteiger partial charge in [0, 0.05) is 5.69 Å². The van der Waals surface area contributed by atoms with Gasteiger partial charge < -0.3 is 15.4 Å². The lowest BCUT2D eigenvalue weighted by Crippen LogP contribution is -2.32. The number of nitrogens with zero attached hydrogens (tertiary/aromatic N) is 1. The molecule has 5 heteroatoms. The summed E-state index contributed by atoms with van der Waals surface area (Å²) in [5.74, 6) is 0.545. The molecule has 0 aromatic heterocycles. The van der Waals surface area contributed by atoms with Gasteiger partial charge in [0.2, 0.25) is 5.91 Å². The average Bonchev–Trinajstić information content (AvgIpc) is 2.56. The molecule has 5 nitrogen and oxygen atoms in total. The first-order valence-electron chi connectivity index (χ1n) is 6.84. The fourth-order valence-electron chi connectivity index (χ4n) is 1.93. The Morgan fingerprint density at radius 2 is 1.86 bits per heavy atom. The third-order valence-corrected chi connectivity index (χ3v) is 3.17. The molecule has 2 aromatic rings. The van der Waals surface area contributed by atoms with E-state index in [0.29, 0.717) is 11.3 Å². The van der Waals surface area contributed by atoms with Crippen LogP contribution in [-0.4, -0.2) is 19.1 Å². The van der Waals surface area contributed by atoms with E-state index in [2.05, 4.69) is 16.7 Å². The molecule has 1 amide bonds. The Kier molecular flexibility index (Phi) is 4.99. The van der Waals surface area contributed by atoms with E-state index in [1.165, 1.54) is 0 Å². The molecule has 1 atom stereocenters. The predicted octanol–water partition coefficient (Wildman–Crippen LogP) is 3.01. The average molecular weight is 295 g/mol. The smallest absolute Gasteiger partial charge is 0.246 e. The lowest BCUT2D eigenvalue weighted by atomic mass is 10.2. The van der Waals surface area contributed by atoms with Gasteiger partial charge in [-0.1, -0.05) is 12.1 Å². The van der Waals surface area contributed by atoms with Crippen LogP contribution in [0.15, 0.2) is 48.5 Å². The molecule has 0 saturated heterocycles. The number of para-hydroxylation sites is 1. The number of benzene rings is 2. The van der Waals surface area contributed by atoms with Crippen molar-refractivity contribution in [3.05, 3.63) is 54.1 Å². The van der Waals surface area contributed by atoms with Gasteiger partial charge in [0.1, 0.15) is 17.9 Å². The van der Waals surface area contributed by atoms with Crippen LogP contribution in [-0.2, 0) is 4.79 Å². The first-order valence-corrected chi connectivity index (χ1v) is 6.84. The van der Waals surface area contributed by atoms with Crippen LogP contribution in [0.1, 0.15) is 12.5 Å². The second-order valence-electron chi connectivity index (χ2n) is 4.74. The summed E-state index contributed by atoms with van der Waals surface area (Å²) in [5.41, 5.74) is 1.77. The van der Waals surface area contributed by atoms with E-state index in [-0.39, 0.29) is 5.91 Å². The molecule has 0 fully saturated rings. The van der Waals surface area contributed by atoms with Gasteiger partial charge in [-0.25, -0.2) is 0 Å². The van der Waals surface area contributed by atoms with Gasteiger partial charge in [-0.15, -0.1) is 0 Å². The third kappa shape index (κ3) is 3.76. The number of anilines is 2. The third-order valence-electron chi connectivity index (χ3n) is 3.17. The van der Waals surface area contributed by atoms with Crippen LogP contribution >= 0.6 is 0 Å². The van der Waals surface area contributed by atoms with E-state index in [0.717, 1.165) is 11.4 Å². The van der Waals surface area contributed by atoms with Gasteiger partial charge >= 0.3 is 0 Å². The van der Waals surface area contributed by atoms with E-state index in [4.69, 9.17) is 10.00 Å². The molecular formula is C17H17N3O2. The largest absolute Gasteiger partial charge is 0.497 e. The summed E-state index contributed by atoms with van der Waals surface area (Å²) >= 11 is 0. The molecule has 0 aliphatic carbocycles. The minimum absolute atomic E-state index is 0.210. The number of rotatable bonds is 5. The highest BCUT2D eigenvalue weighted by molar-refractivity contribution is 5.97. The lowest BCUT2D eigenvalue weighted by molar-refractivity contribution is -0.116. The number of ether oxygens (including phenoxy) is 1. The number of amides is 1. The van der Waals surface area contributed by atoms with Crippen LogP contribution in [0.5, 0.6) is 5.75 Å². The molecule has 0 bridgehead atoms. The fraction of sp³-hybridized carbons (Fsp3) is 0.176. The Hall–Kier alpha value is -3.00. The minimum atomic E-state index is -0.444. The van der Waals surface area contributed by atoms with Gasteiger partial charge in [-0.05, 0) is 43.3 Å². The summed E-state index contributed by atoms with van der Waals surface area (Å²) in [6.45, 7) is 1.76. The molecule has 112 valence electrons. The number of carbonyl (C=O) groups is 1. The monoisotopic (exact) mass is 295 g/mol. The quantitative estimate of drug-likeness (QED) is 0.889. The Balaban J connectivity index is 2.01. The lowest BCUT2D eigenvalue weighted by Gasteiger charge is -2.16. The van der Waals surface area contributed by atoms with Gasteiger partial charge in [-0.2, -0.15) is 5.26 Å². The number of carbonyl (C=O) groups excluding carboxylic acids is 1. The first-order chi connectivity index (χ1) is 10.6. The maximum atomic E-state index is 12.2. The zero-order chi connectivity index (χ0) is 15.9. The standard InChI is InChI=1S/C17H17N3O2/c1-12(19-14-7-9-15(22-2)10-8-14)17(21)20-16-6-4-3-5-13(16)11-18/h3-10,12,19H,1-2H3,(H,20,21)/t12-/m1/s1. The molecule has 0 spiro atoms. The maximum absolute atomic E-state index is 12.2. The van der Waals surface area contributed by atoms with Crippen LogP contribution in [0.4, 0.5) is 11.4 Å². The topological polar surface area (TPSA) is 74.2 Å². The van der Waals surface area contributed by atoms with Crippen LogP contribution in [0.2, 0.25) is 0 Å².